The first kappa shape index (κ1) is 16.1. The standard InChI is InChI=1S/C14H20N2O4S/c17-16(18)14-4-2-12(3-5-14)13-6-9-15(10-7-13)8-1-11-21(19)20/h2-5,13H,1,6-11H2,(H,19,20)/p-1. The van der Waals surface area contributed by atoms with Gasteiger partial charge in [0.25, 0.3) is 5.69 Å². The zero-order valence-corrected chi connectivity index (χ0v) is 12.6. The van der Waals surface area contributed by atoms with Gasteiger partial charge in [0.15, 0.2) is 0 Å². The molecule has 2 rings (SSSR count). The molecule has 1 fully saturated rings. The summed E-state index contributed by atoms with van der Waals surface area (Å²) in [6.07, 6.45) is 2.70. The highest BCUT2D eigenvalue weighted by molar-refractivity contribution is 7.79. The monoisotopic (exact) mass is 311 g/mol. The lowest BCUT2D eigenvalue weighted by Gasteiger charge is -2.32. The van der Waals surface area contributed by atoms with Gasteiger partial charge in [0.1, 0.15) is 0 Å². The number of non-ortho nitro benzene ring substituents is 1. The molecule has 0 aromatic heterocycles. The molecular formula is C14H19N2O4S-. The van der Waals surface area contributed by atoms with Crippen LogP contribution < -0.4 is 0 Å². The van der Waals surface area contributed by atoms with Gasteiger partial charge in [-0.2, -0.15) is 0 Å². The van der Waals surface area contributed by atoms with Crippen molar-refractivity contribution in [1.82, 2.24) is 4.90 Å². The van der Waals surface area contributed by atoms with E-state index in [0.717, 1.165) is 38.0 Å². The Bertz CT molecular complexity index is 498. The highest BCUT2D eigenvalue weighted by Crippen LogP contribution is 2.29. The average molecular weight is 311 g/mol. The van der Waals surface area contributed by atoms with Gasteiger partial charge >= 0.3 is 0 Å². The number of hydrogen-bond donors (Lipinski definition) is 0. The maximum atomic E-state index is 10.6. The summed E-state index contributed by atoms with van der Waals surface area (Å²) < 4.78 is 21.0. The summed E-state index contributed by atoms with van der Waals surface area (Å²) in [5.41, 5.74) is 1.28. The SMILES string of the molecule is O=[N+]([O-])c1ccc(C2CCN(CCCS(=O)[O-])CC2)cc1. The normalized spacial score (nSPS) is 18.5. The van der Waals surface area contributed by atoms with Crippen molar-refractivity contribution in [3.05, 3.63) is 39.9 Å². The molecule has 1 saturated heterocycles. The van der Waals surface area contributed by atoms with Crippen LogP contribution in [0, 0.1) is 10.1 Å². The number of piperidine rings is 1. The Hall–Kier alpha value is -1.31. The van der Waals surface area contributed by atoms with E-state index >= 15 is 0 Å². The lowest BCUT2D eigenvalue weighted by molar-refractivity contribution is -0.384. The van der Waals surface area contributed by atoms with E-state index in [4.69, 9.17) is 0 Å². The molecule has 1 aromatic rings. The summed E-state index contributed by atoms with van der Waals surface area (Å²) in [6.45, 7) is 2.72. The molecule has 0 N–H and O–H groups in total. The third-order valence-corrected chi connectivity index (χ3v) is 4.57. The van der Waals surface area contributed by atoms with Crippen molar-refractivity contribution < 1.29 is 13.7 Å². The summed E-state index contributed by atoms with van der Waals surface area (Å²) in [6, 6.07) is 6.81. The van der Waals surface area contributed by atoms with Crippen LogP contribution in [0.1, 0.15) is 30.7 Å². The summed E-state index contributed by atoms with van der Waals surface area (Å²) in [7, 11) is 0. The Morgan fingerprint density at radius 2 is 1.86 bits per heavy atom. The molecule has 1 aliphatic heterocycles. The second kappa shape index (κ2) is 7.63. The maximum Gasteiger partial charge on any atom is 0.269 e. The number of nitro benzene ring substituents is 1. The zero-order valence-electron chi connectivity index (χ0n) is 11.8. The van der Waals surface area contributed by atoms with Crippen molar-refractivity contribution in [3.8, 4) is 0 Å². The minimum Gasteiger partial charge on any atom is -0.772 e. The lowest BCUT2D eigenvalue weighted by Crippen LogP contribution is -2.34. The number of likely N-dealkylation sites (tertiary alicyclic amines) is 1. The maximum absolute atomic E-state index is 10.6. The molecule has 0 aliphatic carbocycles. The highest BCUT2D eigenvalue weighted by Gasteiger charge is 2.20. The average Bonchev–Trinajstić information content (AvgIpc) is 2.48. The van der Waals surface area contributed by atoms with E-state index in [0.29, 0.717) is 12.3 Å². The zero-order chi connectivity index (χ0) is 15.2. The van der Waals surface area contributed by atoms with Gasteiger partial charge < -0.3 is 9.45 Å². The topological polar surface area (TPSA) is 86.5 Å². The van der Waals surface area contributed by atoms with Crippen LogP contribution in [-0.2, 0) is 11.1 Å². The van der Waals surface area contributed by atoms with Crippen LogP contribution in [0.25, 0.3) is 0 Å². The molecule has 116 valence electrons. The molecule has 21 heavy (non-hydrogen) atoms. The van der Waals surface area contributed by atoms with Gasteiger partial charge in [-0.15, -0.1) is 0 Å². The van der Waals surface area contributed by atoms with Gasteiger partial charge in [0, 0.05) is 17.9 Å². The van der Waals surface area contributed by atoms with E-state index in [1.165, 1.54) is 0 Å². The Kier molecular flexibility index (Phi) is 5.84. The fourth-order valence-electron chi connectivity index (χ4n) is 2.76. The molecule has 7 heteroatoms. The molecule has 1 heterocycles. The number of nitrogens with zero attached hydrogens (tertiary/aromatic N) is 2. The predicted octanol–water partition coefficient (Wildman–Crippen LogP) is 2.04. The molecule has 0 radical (unpaired) electrons. The Balaban J connectivity index is 1.80. The van der Waals surface area contributed by atoms with Crippen molar-refractivity contribution in [2.24, 2.45) is 0 Å². The Morgan fingerprint density at radius 1 is 1.24 bits per heavy atom. The predicted molar refractivity (Wildman–Crippen MR) is 79.9 cm³/mol. The quantitative estimate of drug-likeness (QED) is 0.456. The van der Waals surface area contributed by atoms with Crippen molar-refractivity contribution in [1.29, 1.82) is 0 Å². The summed E-state index contributed by atoms with van der Waals surface area (Å²) >= 11 is -1.94. The van der Waals surface area contributed by atoms with E-state index in [1.807, 2.05) is 12.1 Å². The van der Waals surface area contributed by atoms with Gasteiger partial charge in [-0.25, -0.2) is 0 Å². The van der Waals surface area contributed by atoms with Gasteiger partial charge in [-0.1, -0.05) is 23.2 Å². The first-order valence-electron chi connectivity index (χ1n) is 7.09. The second-order valence-electron chi connectivity index (χ2n) is 5.33. The van der Waals surface area contributed by atoms with E-state index in [2.05, 4.69) is 4.90 Å². The highest BCUT2D eigenvalue weighted by atomic mass is 32.2. The fraction of sp³-hybridized carbons (Fsp3) is 0.571. The van der Waals surface area contributed by atoms with E-state index < -0.39 is 11.1 Å². The third kappa shape index (κ3) is 4.87. The molecular weight excluding hydrogens is 292 g/mol. The Labute approximate surface area is 126 Å². The number of benzene rings is 1. The summed E-state index contributed by atoms with van der Waals surface area (Å²) in [5, 5.41) is 10.6. The van der Waals surface area contributed by atoms with Gasteiger partial charge in [0.05, 0.1) is 4.92 Å². The molecule has 1 unspecified atom stereocenters. The van der Waals surface area contributed by atoms with Crippen LogP contribution in [0.3, 0.4) is 0 Å². The van der Waals surface area contributed by atoms with Crippen LogP contribution in [-0.4, -0.2) is 44.0 Å². The first-order valence-corrected chi connectivity index (χ1v) is 8.33. The minimum absolute atomic E-state index is 0.127. The van der Waals surface area contributed by atoms with Crippen LogP contribution in [0.15, 0.2) is 24.3 Å². The van der Waals surface area contributed by atoms with Crippen LogP contribution in [0.5, 0.6) is 0 Å². The van der Waals surface area contributed by atoms with Crippen molar-refractivity contribution >= 4 is 16.8 Å². The molecule has 0 amide bonds. The van der Waals surface area contributed by atoms with E-state index in [9.17, 15) is 18.9 Å². The van der Waals surface area contributed by atoms with Gasteiger partial charge in [0.2, 0.25) is 0 Å². The third-order valence-electron chi connectivity index (χ3n) is 3.95. The molecule has 6 nitrogen and oxygen atoms in total. The minimum atomic E-state index is -1.94. The number of nitro groups is 1. The molecule has 0 saturated carbocycles. The largest absolute Gasteiger partial charge is 0.772 e. The number of hydrogen-bond acceptors (Lipinski definition) is 5. The molecule has 0 spiro atoms. The summed E-state index contributed by atoms with van der Waals surface area (Å²) in [5.74, 6) is 0.665. The van der Waals surface area contributed by atoms with Crippen molar-refractivity contribution in [2.45, 2.75) is 25.2 Å². The van der Waals surface area contributed by atoms with E-state index in [1.54, 1.807) is 12.1 Å². The van der Waals surface area contributed by atoms with Crippen LogP contribution in [0.2, 0.25) is 0 Å². The van der Waals surface area contributed by atoms with Crippen LogP contribution >= 0.6 is 0 Å². The van der Waals surface area contributed by atoms with Gasteiger partial charge in [-0.3, -0.25) is 14.3 Å². The first-order chi connectivity index (χ1) is 10.1. The lowest BCUT2D eigenvalue weighted by atomic mass is 9.89. The molecule has 1 atom stereocenters. The molecule has 1 aromatic carbocycles. The Morgan fingerprint density at radius 3 is 2.38 bits per heavy atom. The molecule has 1 aliphatic rings. The molecule has 0 bridgehead atoms. The van der Waals surface area contributed by atoms with Crippen molar-refractivity contribution in [2.75, 3.05) is 25.4 Å². The smallest absolute Gasteiger partial charge is 0.269 e. The van der Waals surface area contributed by atoms with Crippen LogP contribution in [0.4, 0.5) is 5.69 Å². The second-order valence-corrected chi connectivity index (χ2v) is 6.34. The number of rotatable bonds is 6. The van der Waals surface area contributed by atoms with E-state index in [-0.39, 0.29) is 16.4 Å². The fourth-order valence-corrected chi connectivity index (χ4v) is 3.13. The van der Waals surface area contributed by atoms with Gasteiger partial charge in [-0.05, 0) is 50.4 Å². The summed E-state index contributed by atoms with van der Waals surface area (Å²) in [4.78, 5) is 12.5. The van der Waals surface area contributed by atoms with Crippen molar-refractivity contribution in [3.63, 3.8) is 0 Å².